The second-order valence-corrected chi connectivity index (χ2v) is 5.69. The number of hydrogen-bond donors (Lipinski definition) is 1. The largest absolute Gasteiger partial charge is 0.376 e. The van der Waals surface area contributed by atoms with Crippen molar-refractivity contribution in [3.05, 3.63) is 21.9 Å². The second-order valence-electron chi connectivity index (χ2n) is 4.43. The molecule has 3 heteroatoms. The molecule has 0 aliphatic heterocycles. The fourth-order valence-corrected chi connectivity index (χ4v) is 2.60. The van der Waals surface area contributed by atoms with Crippen molar-refractivity contribution in [1.82, 2.24) is 5.32 Å². The van der Waals surface area contributed by atoms with Crippen LogP contribution in [0.4, 0.5) is 0 Å². The van der Waals surface area contributed by atoms with E-state index in [-0.39, 0.29) is 0 Å². The van der Waals surface area contributed by atoms with E-state index in [0.717, 1.165) is 32.2 Å². The zero-order valence-electron chi connectivity index (χ0n) is 10.00. The lowest BCUT2D eigenvalue weighted by atomic mass is 10.3. The van der Waals surface area contributed by atoms with Crippen molar-refractivity contribution in [3.8, 4) is 0 Å². The molecule has 0 radical (unpaired) electrons. The van der Waals surface area contributed by atoms with Crippen LogP contribution < -0.4 is 5.32 Å². The number of nitrogens with one attached hydrogen (secondary N) is 1. The van der Waals surface area contributed by atoms with E-state index in [0.29, 0.717) is 0 Å². The maximum atomic E-state index is 5.68. The van der Waals surface area contributed by atoms with E-state index < -0.39 is 0 Å². The van der Waals surface area contributed by atoms with E-state index in [9.17, 15) is 0 Å². The molecule has 1 heterocycles. The van der Waals surface area contributed by atoms with Gasteiger partial charge >= 0.3 is 0 Å². The van der Waals surface area contributed by atoms with Crippen LogP contribution in [0.1, 0.15) is 35.9 Å². The van der Waals surface area contributed by atoms with Gasteiger partial charge in [-0.15, -0.1) is 11.3 Å². The van der Waals surface area contributed by atoms with Crippen LogP contribution in [0.2, 0.25) is 0 Å². The lowest BCUT2D eigenvalue weighted by Crippen LogP contribution is -2.10. The van der Waals surface area contributed by atoms with Crippen molar-refractivity contribution in [3.63, 3.8) is 0 Å². The lowest BCUT2D eigenvalue weighted by Gasteiger charge is -2.01. The molecule has 0 saturated heterocycles. The normalized spacial score (nSPS) is 15.6. The third kappa shape index (κ3) is 4.24. The summed E-state index contributed by atoms with van der Waals surface area (Å²) in [5, 5.41) is 3.34. The van der Waals surface area contributed by atoms with Gasteiger partial charge in [-0.3, -0.25) is 0 Å². The molecule has 0 aromatic carbocycles. The lowest BCUT2D eigenvalue weighted by molar-refractivity contribution is 0.117. The van der Waals surface area contributed by atoms with E-state index in [1.165, 1.54) is 29.0 Å². The van der Waals surface area contributed by atoms with Gasteiger partial charge < -0.3 is 10.1 Å². The predicted octanol–water partition coefficient (Wildman–Crippen LogP) is 3.17. The smallest absolute Gasteiger partial charge is 0.0809 e. The van der Waals surface area contributed by atoms with Crippen molar-refractivity contribution in [1.29, 1.82) is 0 Å². The van der Waals surface area contributed by atoms with Crippen LogP contribution in [0.5, 0.6) is 0 Å². The Kier molecular flexibility index (Phi) is 4.82. The summed E-state index contributed by atoms with van der Waals surface area (Å²) in [7, 11) is 0. The summed E-state index contributed by atoms with van der Waals surface area (Å²) in [6, 6.07) is 4.39. The van der Waals surface area contributed by atoms with Crippen molar-refractivity contribution in [2.45, 2.75) is 39.3 Å². The van der Waals surface area contributed by atoms with Crippen molar-refractivity contribution in [2.75, 3.05) is 13.2 Å². The van der Waals surface area contributed by atoms with Gasteiger partial charge in [0.1, 0.15) is 0 Å². The molecule has 0 spiro atoms. The second kappa shape index (κ2) is 6.38. The molecular formula is C13H21NOS. The minimum atomic E-state index is 0.795. The standard InChI is InChI=1S/C13H21NOS/c1-2-14-9-12-5-6-13(16-12)10-15-8-7-11-3-4-11/h5-6,11,14H,2-4,7-10H2,1H3. The first-order valence-electron chi connectivity index (χ1n) is 6.24. The highest BCUT2D eigenvalue weighted by Crippen LogP contribution is 2.32. The van der Waals surface area contributed by atoms with Crippen LogP contribution in [0.15, 0.2) is 12.1 Å². The maximum absolute atomic E-state index is 5.68. The summed E-state index contributed by atoms with van der Waals surface area (Å²) >= 11 is 1.86. The van der Waals surface area contributed by atoms with Crippen molar-refractivity contribution in [2.24, 2.45) is 5.92 Å². The van der Waals surface area contributed by atoms with Crippen molar-refractivity contribution >= 4 is 11.3 Å². The van der Waals surface area contributed by atoms with E-state index in [1.54, 1.807) is 0 Å². The molecule has 1 fully saturated rings. The average Bonchev–Trinajstić information content (AvgIpc) is 3.01. The van der Waals surface area contributed by atoms with Crippen LogP contribution in [0.25, 0.3) is 0 Å². The first-order valence-corrected chi connectivity index (χ1v) is 7.06. The van der Waals surface area contributed by atoms with E-state index in [2.05, 4.69) is 24.4 Å². The molecule has 1 aromatic heterocycles. The minimum Gasteiger partial charge on any atom is -0.376 e. The molecule has 1 N–H and O–H groups in total. The molecule has 1 saturated carbocycles. The molecule has 1 aromatic rings. The summed E-state index contributed by atoms with van der Waals surface area (Å²) in [5.74, 6) is 0.979. The highest BCUT2D eigenvalue weighted by atomic mass is 32.1. The van der Waals surface area contributed by atoms with Crippen LogP contribution in [-0.2, 0) is 17.9 Å². The minimum absolute atomic E-state index is 0.795. The molecule has 1 aliphatic carbocycles. The Labute approximate surface area is 102 Å². The number of thiophene rings is 1. The molecule has 16 heavy (non-hydrogen) atoms. The molecule has 0 amide bonds. The zero-order valence-corrected chi connectivity index (χ0v) is 10.8. The highest BCUT2D eigenvalue weighted by Gasteiger charge is 2.20. The van der Waals surface area contributed by atoms with Gasteiger partial charge in [-0.25, -0.2) is 0 Å². The molecule has 1 aliphatic rings. The molecular weight excluding hydrogens is 218 g/mol. The van der Waals surface area contributed by atoms with E-state index >= 15 is 0 Å². The van der Waals surface area contributed by atoms with Gasteiger partial charge in [-0.05, 0) is 31.0 Å². The third-order valence-electron chi connectivity index (χ3n) is 2.88. The predicted molar refractivity (Wildman–Crippen MR) is 68.7 cm³/mol. The molecule has 0 atom stereocenters. The van der Waals surface area contributed by atoms with E-state index in [4.69, 9.17) is 4.74 Å². The van der Waals surface area contributed by atoms with Gasteiger partial charge in [-0.2, -0.15) is 0 Å². The first-order chi connectivity index (χ1) is 7.88. The van der Waals surface area contributed by atoms with Crippen LogP contribution in [0, 0.1) is 5.92 Å². The maximum Gasteiger partial charge on any atom is 0.0809 e. The Morgan fingerprint density at radius 1 is 1.38 bits per heavy atom. The summed E-state index contributed by atoms with van der Waals surface area (Å²) in [6.45, 7) is 5.89. The highest BCUT2D eigenvalue weighted by molar-refractivity contribution is 7.11. The summed E-state index contributed by atoms with van der Waals surface area (Å²) < 4.78 is 5.68. The Balaban J connectivity index is 1.61. The fourth-order valence-electron chi connectivity index (χ4n) is 1.67. The van der Waals surface area contributed by atoms with Crippen LogP contribution in [-0.4, -0.2) is 13.2 Å². The Morgan fingerprint density at radius 3 is 2.94 bits per heavy atom. The number of ether oxygens (including phenoxy) is 1. The zero-order chi connectivity index (χ0) is 11.2. The summed E-state index contributed by atoms with van der Waals surface area (Å²) in [5.41, 5.74) is 0. The Morgan fingerprint density at radius 2 is 2.19 bits per heavy atom. The monoisotopic (exact) mass is 239 g/mol. The molecule has 2 rings (SSSR count). The molecule has 0 unspecified atom stereocenters. The van der Waals surface area contributed by atoms with Gasteiger partial charge in [0.2, 0.25) is 0 Å². The van der Waals surface area contributed by atoms with E-state index in [1.807, 2.05) is 11.3 Å². The Bertz CT molecular complexity index is 307. The molecule has 90 valence electrons. The van der Waals surface area contributed by atoms with Gasteiger partial charge in [0.25, 0.3) is 0 Å². The van der Waals surface area contributed by atoms with Crippen LogP contribution in [0.3, 0.4) is 0 Å². The first kappa shape index (κ1) is 12.1. The molecule has 2 nitrogen and oxygen atoms in total. The number of rotatable bonds is 8. The SMILES string of the molecule is CCNCc1ccc(COCCC2CC2)s1. The quantitative estimate of drug-likeness (QED) is 0.704. The summed E-state index contributed by atoms with van der Waals surface area (Å²) in [6.07, 6.45) is 4.11. The van der Waals surface area contributed by atoms with Gasteiger partial charge in [0.15, 0.2) is 0 Å². The fraction of sp³-hybridized carbons (Fsp3) is 0.692. The third-order valence-corrected chi connectivity index (χ3v) is 3.94. The van der Waals surface area contributed by atoms with Gasteiger partial charge in [-0.1, -0.05) is 19.8 Å². The van der Waals surface area contributed by atoms with Gasteiger partial charge in [0.05, 0.1) is 6.61 Å². The average molecular weight is 239 g/mol. The van der Waals surface area contributed by atoms with Crippen molar-refractivity contribution < 1.29 is 4.74 Å². The summed E-state index contributed by atoms with van der Waals surface area (Å²) in [4.78, 5) is 2.76. The molecule has 0 bridgehead atoms. The topological polar surface area (TPSA) is 21.3 Å². The number of hydrogen-bond acceptors (Lipinski definition) is 3. The Hall–Kier alpha value is -0.380. The van der Waals surface area contributed by atoms with Crippen LogP contribution >= 0.6 is 11.3 Å². The van der Waals surface area contributed by atoms with Gasteiger partial charge in [0, 0.05) is 22.9 Å².